The van der Waals surface area contributed by atoms with E-state index in [0.29, 0.717) is 50.9 Å². The van der Waals surface area contributed by atoms with Crippen molar-refractivity contribution in [3.8, 4) is 11.5 Å². The van der Waals surface area contributed by atoms with Crippen LogP contribution in [-0.4, -0.2) is 46.6 Å². The second-order valence-electron chi connectivity index (χ2n) is 10.6. The Hall–Kier alpha value is -2.42. The van der Waals surface area contributed by atoms with Crippen LogP contribution in [0.5, 0.6) is 11.5 Å². The zero-order valence-corrected chi connectivity index (χ0v) is 24.9. The van der Waals surface area contributed by atoms with Gasteiger partial charge in [0.25, 0.3) is 11.1 Å². The molecule has 0 spiro atoms. The van der Waals surface area contributed by atoms with Gasteiger partial charge in [-0.05, 0) is 65.6 Å². The third-order valence-electron chi connectivity index (χ3n) is 7.46. The Labute approximate surface area is 233 Å². The van der Waals surface area contributed by atoms with Gasteiger partial charge in [-0.1, -0.05) is 24.9 Å². The van der Waals surface area contributed by atoms with Crippen LogP contribution in [0.1, 0.15) is 62.8 Å². The fraction of sp³-hybridized carbons (Fsp3) is 0.517. The molecular weight excluding hydrogens is 522 g/mol. The molecule has 1 N–H and O–H groups in total. The minimum absolute atomic E-state index is 0.161. The number of thioether (sulfide) groups is 1. The van der Waals surface area contributed by atoms with Crippen LogP contribution in [0.25, 0.3) is 10.8 Å². The Balaban J connectivity index is 1.66. The summed E-state index contributed by atoms with van der Waals surface area (Å²) in [6, 6.07) is 4.27. The number of halogens is 1. The number of hydrogen-bond acceptors (Lipinski definition) is 6. The second-order valence-corrected chi connectivity index (χ2v) is 11.8. The SMILES string of the molecule is CCCC(CCCC1(C)Oc2c(c(C)c3c(=O)n(Cc4c(SC)cc(C)[nH]c4=O)ccc3c2Cl)O1)N(C)C. The van der Waals surface area contributed by atoms with E-state index in [1.54, 1.807) is 10.8 Å². The molecule has 1 aromatic carbocycles. The van der Waals surface area contributed by atoms with Gasteiger partial charge >= 0.3 is 0 Å². The number of nitrogens with one attached hydrogen (secondary N) is 1. The Morgan fingerprint density at radius 3 is 2.55 bits per heavy atom. The lowest BCUT2D eigenvalue weighted by Crippen LogP contribution is -2.35. The number of pyridine rings is 2. The highest BCUT2D eigenvalue weighted by Crippen LogP contribution is 2.51. The van der Waals surface area contributed by atoms with Gasteiger partial charge in [0.2, 0.25) is 5.79 Å². The number of ether oxygens (including phenoxy) is 2. The van der Waals surface area contributed by atoms with Crippen molar-refractivity contribution in [1.82, 2.24) is 14.5 Å². The molecule has 206 valence electrons. The molecule has 2 unspecified atom stereocenters. The van der Waals surface area contributed by atoms with Gasteiger partial charge in [0.1, 0.15) is 0 Å². The molecule has 0 saturated heterocycles. The van der Waals surface area contributed by atoms with E-state index < -0.39 is 5.79 Å². The van der Waals surface area contributed by atoms with Crippen molar-refractivity contribution < 1.29 is 9.47 Å². The smallest absolute Gasteiger partial charge is 0.259 e. The molecule has 9 heteroatoms. The van der Waals surface area contributed by atoms with Crippen molar-refractivity contribution in [3.05, 3.63) is 60.9 Å². The number of fused-ring (bicyclic) bond motifs is 2. The standard InChI is InChI=1S/C29H38ClN3O4S/c1-8-10-19(32(5)6)11-9-13-29(4)36-25-18(3)23-20(24(30)26(25)37-29)12-14-33(28(23)35)16-21-22(38-7)15-17(2)31-27(21)34/h12,14-15,19H,8-11,13,16H2,1-7H3,(H,31,34). The van der Waals surface area contributed by atoms with Gasteiger partial charge in [-0.15, -0.1) is 11.8 Å². The Morgan fingerprint density at radius 2 is 1.89 bits per heavy atom. The predicted octanol–water partition coefficient (Wildman–Crippen LogP) is 6.12. The molecule has 0 radical (unpaired) electrons. The highest BCUT2D eigenvalue weighted by molar-refractivity contribution is 7.98. The number of rotatable bonds is 10. The van der Waals surface area contributed by atoms with Gasteiger partial charge < -0.3 is 23.9 Å². The summed E-state index contributed by atoms with van der Waals surface area (Å²) >= 11 is 8.30. The summed E-state index contributed by atoms with van der Waals surface area (Å²) < 4.78 is 14.2. The molecule has 1 aliphatic heterocycles. The third-order valence-corrected chi connectivity index (χ3v) is 8.64. The van der Waals surface area contributed by atoms with E-state index in [1.807, 2.05) is 39.2 Å². The van der Waals surface area contributed by atoms with E-state index in [4.69, 9.17) is 21.1 Å². The highest BCUT2D eigenvalue weighted by Gasteiger charge is 2.40. The lowest BCUT2D eigenvalue weighted by Gasteiger charge is -2.27. The molecule has 7 nitrogen and oxygen atoms in total. The number of aryl methyl sites for hydroxylation is 2. The van der Waals surface area contributed by atoms with Gasteiger partial charge in [0.05, 0.1) is 22.5 Å². The zero-order valence-electron chi connectivity index (χ0n) is 23.4. The summed E-state index contributed by atoms with van der Waals surface area (Å²) in [5.41, 5.74) is 1.63. The molecule has 38 heavy (non-hydrogen) atoms. The number of hydrogen-bond donors (Lipinski definition) is 1. The minimum Gasteiger partial charge on any atom is -0.448 e. The summed E-state index contributed by atoms with van der Waals surface area (Å²) in [5, 5.41) is 1.48. The maximum atomic E-state index is 13.7. The van der Waals surface area contributed by atoms with Crippen LogP contribution < -0.4 is 20.6 Å². The first kappa shape index (κ1) is 28.6. The van der Waals surface area contributed by atoms with E-state index >= 15 is 0 Å². The summed E-state index contributed by atoms with van der Waals surface area (Å²) in [7, 11) is 4.25. The molecule has 3 heterocycles. The van der Waals surface area contributed by atoms with Crippen LogP contribution in [0.4, 0.5) is 0 Å². The summed E-state index contributed by atoms with van der Waals surface area (Å²) in [6.45, 7) is 8.02. The molecule has 2 atom stereocenters. The zero-order chi connectivity index (χ0) is 27.8. The summed E-state index contributed by atoms with van der Waals surface area (Å²) in [5.74, 6) is 0.169. The molecule has 0 fully saturated rings. The normalized spacial score (nSPS) is 17.5. The number of nitrogens with zero attached hydrogens (tertiary/aromatic N) is 2. The predicted molar refractivity (Wildman–Crippen MR) is 157 cm³/mol. The molecule has 0 amide bonds. The summed E-state index contributed by atoms with van der Waals surface area (Å²) in [4.78, 5) is 32.4. The Kier molecular flexibility index (Phi) is 8.55. The number of aromatic amines is 1. The van der Waals surface area contributed by atoms with Gasteiger partial charge in [-0.25, -0.2) is 0 Å². The van der Waals surface area contributed by atoms with Gasteiger partial charge in [0.15, 0.2) is 11.5 Å². The maximum absolute atomic E-state index is 13.7. The molecule has 2 aromatic heterocycles. The maximum Gasteiger partial charge on any atom is 0.259 e. The molecule has 1 aliphatic rings. The molecule has 0 bridgehead atoms. The van der Waals surface area contributed by atoms with Crippen LogP contribution in [-0.2, 0) is 6.54 Å². The monoisotopic (exact) mass is 559 g/mol. The van der Waals surface area contributed by atoms with Crippen molar-refractivity contribution in [2.75, 3.05) is 20.4 Å². The Morgan fingerprint density at radius 1 is 1.18 bits per heavy atom. The fourth-order valence-corrected chi connectivity index (χ4v) is 6.34. The first-order chi connectivity index (χ1) is 18.0. The Bertz CT molecular complexity index is 1470. The fourth-order valence-electron chi connectivity index (χ4n) is 5.36. The lowest BCUT2D eigenvalue weighted by atomic mass is 10.0. The number of H-pyrrole nitrogens is 1. The number of benzene rings is 1. The average Bonchev–Trinajstić information content (AvgIpc) is 3.22. The van der Waals surface area contributed by atoms with Crippen molar-refractivity contribution in [2.24, 2.45) is 0 Å². The van der Waals surface area contributed by atoms with Crippen LogP contribution in [0, 0.1) is 13.8 Å². The summed E-state index contributed by atoms with van der Waals surface area (Å²) in [6.07, 6.45) is 8.62. The van der Waals surface area contributed by atoms with Gasteiger partial charge in [0, 0.05) is 47.1 Å². The largest absolute Gasteiger partial charge is 0.448 e. The van der Waals surface area contributed by atoms with E-state index in [1.165, 1.54) is 11.8 Å². The molecule has 4 rings (SSSR count). The van der Waals surface area contributed by atoms with Gasteiger partial charge in [-0.3, -0.25) is 9.59 Å². The van der Waals surface area contributed by atoms with Crippen LogP contribution in [0.2, 0.25) is 5.02 Å². The van der Waals surface area contributed by atoms with E-state index in [9.17, 15) is 9.59 Å². The molecular formula is C29H38ClN3O4S. The van der Waals surface area contributed by atoms with Crippen molar-refractivity contribution >= 4 is 34.1 Å². The highest BCUT2D eigenvalue weighted by atomic mass is 35.5. The van der Waals surface area contributed by atoms with Crippen LogP contribution in [0.15, 0.2) is 32.8 Å². The van der Waals surface area contributed by atoms with E-state index in [2.05, 4.69) is 30.9 Å². The first-order valence-electron chi connectivity index (χ1n) is 13.2. The van der Waals surface area contributed by atoms with Gasteiger partial charge in [-0.2, -0.15) is 0 Å². The number of aromatic nitrogens is 2. The van der Waals surface area contributed by atoms with Crippen molar-refractivity contribution in [2.45, 2.75) is 83.1 Å². The third kappa shape index (κ3) is 5.49. The van der Waals surface area contributed by atoms with E-state index in [-0.39, 0.29) is 17.7 Å². The molecule has 3 aromatic rings. The van der Waals surface area contributed by atoms with Crippen LogP contribution in [0.3, 0.4) is 0 Å². The van der Waals surface area contributed by atoms with E-state index in [0.717, 1.165) is 36.3 Å². The first-order valence-corrected chi connectivity index (χ1v) is 14.8. The van der Waals surface area contributed by atoms with Crippen molar-refractivity contribution in [3.63, 3.8) is 0 Å². The molecule has 0 saturated carbocycles. The quantitative estimate of drug-likeness (QED) is 0.302. The minimum atomic E-state index is -0.849. The average molecular weight is 560 g/mol. The topological polar surface area (TPSA) is 76.6 Å². The second kappa shape index (κ2) is 11.4. The van der Waals surface area contributed by atoms with Crippen molar-refractivity contribution in [1.29, 1.82) is 0 Å². The lowest BCUT2D eigenvalue weighted by molar-refractivity contribution is -0.0705. The molecule has 0 aliphatic carbocycles. The van der Waals surface area contributed by atoms with Crippen LogP contribution >= 0.6 is 23.4 Å².